The third kappa shape index (κ3) is 1.92. The van der Waals surface area contributed by atoms with Crippen LogP contribution in [0.25, 0.3) is 11.3 Å². The van der Waals surface area contributed by atoms with E-state index in [1.165, 1.54) is 6.07 Å². The monoisotopic (exact) mass is 276 g/mol. The third-order valence-electron chi connectivity index (χ3n) is 3.16. The van der Waals surface area contributed by atoms with Crippen LogP contribution in [-0.4, -0.2) is 23.4 Å². The number of halogens is 1. The van der Waals surface area contributed by atoms with Gasteiger partial charge in [0.05, 0.1) is 6.42 Å². The minimum absolute atomic E-state index is 0.00496. The molecule has 96 valence electrons. The van der Waals surface area contributed by atoms with Crippen LogP contribution in [0.2, 0.25) is 0 Å². The first-order chi connectivity index (χ1) is 9.06. The lowest BCUT2D eigenvalue weighted by Gasteiger charge is -2.09. The van der Waals surface area contributed by atoms with Crippen LogP contribution in [0.15, 0.2) is 28.8 Å². The molecule has 1 aliphatic rings. The molecular formula is C13H9ClN2O3. The molecule has 1 amide bonds. The number of amides is 1. The van der Waals surface area contributed by atoms with Crippen LogP contribution in [-0.2, 0) is 11.2 Å². The highest BCUT2D eigenvalue weighted by Crippen LogP contribution is 2.31. The van der Waals surface area contributed by atoms with Gasteiger partial charge in [0.15, 0.2) is 0 Å². The first-order valence-corrected chi connectivity index (χ1v) is 6.00. The van der Waals surface area contributed by atoms with Crippen molar-refractivity contribution in [3.8, 4) is 11.3 Å². The Kier molecular flexibility index (Phi) is 2.64. The summed E-state index contributed by atoms with van der Waals surface area (Å²) in [7, 11) is 1.74. The molecule has 1 aromatic heterocycles. The summed E-state index contributed by atoms with van der Waals surface area (Å²) in [4.78, 5) is 24.2. The minimum Gasteiger partial charge on any atom is -0.351 e. The number of likely N-dealkylation sites (N-methyl/N-ethyl adjacent to an activating group) is 1. The van der Waals surface area contributed by atoms with Gasteiger partial charge in [0.25, 0.3) is 5.24 Å². The van der Waals surface area contributed by atoms with Gasteiger partial charge in [0.1, 0.15) is 5.69 Å². The van der Waals surface area contributed by atoms with Gasteiger partial charge in [-0.1, -0.05) is 11.2 Å². The molecular weight excluding hydrogens is 268 g/mol. The molecule has 2 heterocycles. The van der Waals surface area contributed by atoms with Crippen molar-refractivity contribution in [3.05, 3.63) is 35.6 Å². The quantitative estimate of drug-likeness (QED) is 0.789. The number of carbonyl (C=O) groups excluding carboxylic acids is 2. The summed E-state index contributed by atoms with van der Waals surface area (Å²) >= 11 is 5.31. The predicted molar refractivity (Wildman–Crippen MR) is 69.2 cm³/mol. The molecule has 0 radical (unpaired) electrons. The van der Waals surface area contributed by atoms with E-state index in [1.54, 1.807) is 11.9 Å². The van der Waals surface area contributed by atoms with Crippen LogP contribution >= 0.6 is 11.6 Å². The number of carbonyl (C=O) groups is 2. The topological polar surface area (TPSA) is 63.4 Å². The second kappa shape index (κ2) is 4.20. The van der Waals surface area contributed by atoms with Crippen LogP contribution in [0.4, 0.5) is 5.69 Å². The van der Waals surface area contributed by atoms with Gasteiger partial charge in [-0.25, -0.2) is 0 Å². The fourth-order valence-electron chi connectivity index (χ4n) is 2.13. The summed E-state index contributed by atoms with van der Waals surface area (Å²) < 4.78 is 4.83. The van der Waals surface area contributed by atoms with Crippen molar-refractivity contribution >= 4 is 28.4 Å². The maximum absolute atomic E-state index is 11.6. The number of nitrogens with zero attached hydrogens (tertiary/aromatic N) is 2. The van der Waals surface area contributed by atoms with E-state index in [2.05, 4.69) is 5.16 Å². The Bertz CT molecular complexity index is 693. The minimum atomic E-state index is -0.685. The van der Waals surface area contributed by atoms with Crippen LogP contribution in [0, 0.1) is 0 Å². The summed E-state index contributed by atoms with van der Waals surface area (Å²) in [5, 5.41) is 3.11. The Morgan fingerprint density at radius 3 is 2.89 bits per heavy atom. The lowest BCUT2D eigenvalue weighted by molar-refractivity contribution is -0.117. The van der Waals surface area contributed by atoms with Gasteiger partial charge in [0.2, 0.25) is 11.7 Å². The number of hydrogen-bond donors (Lipinski definition) is 0. The lowest BCUT2D eigenvalue weighted by Crippen LogP contribution is -2.20. The number of benzene rings is 1. The van der Waals surface area contributed by atoms with E-state index in [4.69, 9.17) is 16.1 Å². The van der Waals surface area contributed by atoms with E-state index in [0.29, 0.717) is 12.1 Å². The summed E-state index contributed by atoms with van der Waals surface area (Å²) in [6.07, 6.45) is 0.374. The largest absolute Gasteiger partial charge is 0.351 e. The summed E-state index contributed by atoms with van der Waals surface area (Å²) in [6.45, 7) is 0. The van der Waals surface area contributed by atoms with Gasteiger partial charge in [-0.05, 0) is 29.3 Å². The SMILES string of the molecule is CN1C(=O)Cc2cc(-c3cc(C(=O)Cl)on3)ccc21. The van der Waals surface area contributed by atoms with Crippen molar-refractivity contribution in [2.45, 2.75) is 6.42 Å². The number of hydrogen-bond acceptors (Lipinski definition) is 4. The number of rotatable bonds is 2. The zero-order valence-corrected chi connectivity index (χ0v) is 10.8. The molecule has 0 saturated heterocycles. The molecule has 1 aromatic carbocycles. The Morgan fingerprint density at radius 1 is 1.42 bits per heavy atom. The molecule has 0 spiro atoms. The Morgan fingerprint density at radius 2 is 2.21 bits per heavy atom. The molecule has 0 N–H and O–H groups in total. The zero-order chi connectivity index (χ0) is 13.6. The highest BCUT2D eigenvalue weighted by Gasteiger charge is 2.24. The number of anilines is 1. The molecule has 5 nitrogen and oxygen atoms in total. The predicted octanol–water partition coefficient (Wildman–Crippen LogP) is 2.24. The average Bonchev–Trinajstić information content (AvgIpc) is 2.96. The molecule has 2 aromatic rings. The van der Waals surface area contributed by atoms with Crippen molar-refractivity contribution in [1.29, 1.82) is 0 Å². The van der Waals surface area contributed by atoms with Crippen LogP contribution in [0.5, 0.6) is 0 Å². The van der Waals surface area contributed by atoms with E-state index < -0.39 is 5.24 Å². The van der Waals surface area contributed by atoms with E-state index in [-0.39, 0.29) is 11.7 Å². The molecule has 19 heavy (non-hydrogen) atoms. The van der Waals surface area contributed by atoms with E-state index in [9.17, 15) is 9.59 Å². The Labute approximate surface area is 113 Å². The van der Waals surface area contributed by atoms with E-state index in [1.807, 2.05) is 18.2 Å². The van der Waals surface area contributed by atoms with Gasteiger partial charge in [-0.15, -0.1) is 0 Å². The molecule has 0 bridgehead atoms. The van der Waals surface area contributed by atoms with Crippen LogP contribution in [0.1, 0.15) is 16.1 Å². The fraction of sp³-hybridized carbons (Fsp3) is 0.154. The maximum atomic E-state index is 11.6. The van der Waals surface area contributed by atoms with Crippen molar-refractivity contribution in [2.24, 2.45) is 0 Å². The van der Waals surface area contributed by atoms with Crippen LogP contribution < -0.4 is 4.90 Å². The Hall–Kier alpha value is -2.14. The highest BCUT2D eigenvalue weighted by atomic mass is 35.5. The number of fused-ring (bicyclic) bond motifs is 1. The van der Waals surface area contributed by atoms with E-state index in [0.717, 1.165) is 16.8 Å². The molecule has 3 rings (SSSR count). The van der Waals surface area contributed by atoms with Gasteiger partial charge in [-0.3, -0.25) is 9.59 Å². The second-order valence-electron chi connectivity index (χ2n) is 4.32. The highest BCUT2D eigenvalue weighted by molar-refractivity contribution is 6.67. The Balaban J connectivity index is 2.01. The smallest absolute Gasteiger partial charge is 0.290 e. The normalized spacial score (nSPS) is 13.8. The first-order valence-electron chi connectivity index (χ1n) is 5.62. The molecule has 0 saturated carbocycles. The van der Waals surface area contributed by atoms with Crippen molar-refractivity contribution in [2.75, 3.05) is 11.9 Å². The third-order valence-corrected chi connectivity index (χ3v) is 3.34. The number of aromatic nitrogens is 1. The molecule has 0 unspecified atom stereocenters. The second-order valence-corrected chi connectivity index (χ2v) is 4.67. The zero-order valence-electron chi connectivity index (χ0n) is 10.0. The summed E-state index contributed by atoms with van der Waals surface area (Å²) in [5.74, 6) is 0.0642. The standard InChI is InChI=1S/C13H9ClN2O3/c1-16-10-3-2-7(4-8(10)5-12(16)17)9-6-11(13(14)18)19-15-9/h2-4,6H,5H2,1H3. The van der Waals surface area contributed by atoms with Crippen molar-refractivity contribution in [3.63, 3.8) is 0 Å². The average molecular weight is 277 g/mol. The maximum Gasteiger partial charge on any atom is 0.290 e. The van der Waals surface area contributed by atoms with Gasteiger partial charge >= 0.3 is 0 Å². The van der Waals surface area contributed by atoms with Gasteiger partial charge < -0.3 is 9.42 Å². The lowest BCUT2D eigenvalue weighted by atomic mass is 10.1. The molecule has 0 aliphatic carbocycles. The molecule has 6 heteroatoms. The molecule has 0 fully saturated rings. The summed E-state index contributed by atoms with van der Waals surface area (Å²) in [5.41, 5.74) is 3.14. The molecule has 0 atom stereocenters. The summed E-state index contributed by atoms with van der Waals surface area (Å²) in [6, 6.07) is 7.04. The van der Waals surface area contributed by atoms with Crippen molar-refractivity contribution < 1.29 is 14.1 Å². The molecule has 1 aliphatic heterocycles. The van der Waals surface area contributed by atoms with Crippen molar-refractivity contribution in [1.82, 2.24) is 5.16 Å². The van der Waals surface area contributed by atoms with Gasteiger partial charge in [0, 0.05) is 24.4 Å². The van der Waals surface area contributed by atoms with Gasteiger partial charge in [-0.2, -0.15) is 0 Å². The van der Waals surface area contributed by atoms with Crippen LogP contribution in [0.3, 0.4) is 0 Å². The first kappa shape index (κ1) is 11.9. The van der Waals surface area contributed by atoms with E-state index >= 15 is 0 Å². The fourth-order valence-corrected chi connectivity index (χ4v) is 2.22.